The third-order valence-corrected chi connectivity index (χ3v) is 4.45. The van der Waals surface area contributed by atoms with Gasteiger partial charge in [-0.1, -0.05) is 12.1 Å². The molecule has 3 rings (SSSR count). The van der Waals surface area contributed by atoms with E-state index >= 15 is 0 Å². The van der Waals surface area contributed by atoms with Crippen molar-refractivity contribution >= 4 is 12.3 Å². The molecular formula is C21H17F3N4O2. The zero-order valence-electron chi connectivity index (χ0n) is 15.5. The van der Waals surface area contributed by atoms with E-state index in [4.69, 9.17) is 5.84 Å². The molecule has 2 aromatic carbocycles. The molecule has 0 radical (unpaired) electrons. The minimum atomic E-state index is -0.808. The molecule has 4 N–H and O–H groups in total. The van der Waals surface area contributed by atoms with E-state index in [1.807, 2.05) is 5.43 Å². The molecule has 0 bridgehead atoms. The second kappa shape index (κ2) is 9.19. The van der Waals surface area contributed by atoms with Gasteiger partial charge in [0.25, 0.3) is 5.91 Å². The van der Waals surface area contributed by atoms with Gasteiger partial charge in [-0.15, -0.1) is 0 Å². The molecule has 0 aliphatic heterocycles. The standard InChI is InChI=1S/C21H17F3N4O2/c22-14-6-12(7-15(23)10-14)8-19(27-11-29)20-16(2-1-5-26-20)13-3-4-18(24)17(9-13)21(30)28-25/h1-7,9-11,19H,8,25H2,(H,27,29)(H,28,30). The number of carbonyl (C=O) groups excluding carboxylic acids is 2. The lowest BCUT2D eigenvalue weighted by atomic mass is 9.94. The highest BCUT2D eigenvalue weighted by molar-refractivity contribution is 5.95. The summed E-state index contributed by atoms with van der Waals surface area (Å²) >= 11 is 0. The number of carbonyl (C=O) groups is 2. The van der Waals surface area contributed by atoms with Crippen LogP contribution in [0, 0.1) is 17.5 Å². The van der Waals surface area contributed by atoms with Crippen molar-refractivity contribution < 1.29 is 22.8 Å². The summed E-state index contributed by atoms with van der Waals surface area (Å²) in [4.78, 5) is 27.3. The fourth-order valence-corrected chi connectivity index (χ4v) is 3.17. The largest absolute Gasteiger partial charge is 0.350 e. The zero-order valence-corrected chi connectivity index (χ0v) is 15.5. The van der Waals surface area contributed by atoms with Crippen LogP contribution in [0.3, 0.4) is 0 Å². The number of nitrogens with one attached hydrogen (secondary N) is 2. The summed E-state index contributed by atoms with van der Waals surface area (Å²) in [5, 5.41) is 2.60. The van der Waals surface area contributed by atoms with Crippen LogP contribution in [0.15, 0.2) is 54.7 Å². The van der Waals surface area contributed by atoms with Crippen molar-refractivity contribution in [2.45, 2.75) is 12.5 Å². The van der Waals surface area contributed by atoms with Crippen molar-refractivity contribution in [3.8, 4) is 11.1 Å². The molecule has 0 aliphatic rings. The van der Waals surface area contributed by atoms with Crippen LogP contribution in [0.2, 0.25) is 0 Å². The van der Waals surface area contributed by atoms with Crippen LogP contribution in [0.5, 0.6) is 0 Å². The number of pyridine rings is 1. The van der Waals surface area contributed by atoms with Gasteiger partial charge in [-0.3, -0.25) is 20.0 Å². The molecule has 1 heterocycles. The Balaban J connectivity index is 2.05. The van der Waals surface area contributed by atoms with Crippen LogP contribution in [0.25, 0.3) is 11.1 Å². The Bertz CT molecular complexity index is 1070. The smallest absolute Gasteiger partial charge is 0.268 e. The van der Waals surface area contributed by atoms with E-state index < -0.39 is 29.4 Å². The normalized spacial score (nSPS) is 11.6. The number of hydrogen-bond acceptors (Lipinski definition) is 4. The Morgan fingerprint density at radius 1 is 1.10 bits per heavy atom. The summed E-state index contributed by atoms with van der Waals surface area (Å²) < 4.78 is 41.2. The van der Waals surface area contributed by atoms with Gasteiger partial charge in [0.1, 0.15) is 17.5 Å². The Morgan fingerprint density at radius 3 is 2.50 bits per heavy atom. The maximum Gasteiger partial charge on any atom is 0.268 e. The number of nitrogens with zero attached hydrogens (tertiary/aromatic N) is 1. The van der Waals surface area contributed by atoms with Crippen molar-refractivity contribution in [2.75, 3.05) is 0 Å². The van der Waals surface area contributed by atoms with Crippen LogP contribution in [-0.4, -0.2) is 17.3 Å². The molecule has 3 aromatic rings. The molecule has 2 amide bonds. The number of hydrogen-bond donors (Lipinski definition) is 3. The topological polar surface area (TPSA) is 97.1 Å². The van der Waals surface area contributed by atoms with E-state index in [-0.39, 0.29) is 12.0 Å². The second-order valence-electron chi connectivity index (χ2n) is 6.42. The van der Waals surface area contributed by atoms with E-state index in [1.54, 1.807) is 12.1 Å². The first-order valence-electron chi connectivity index (χ1n) is 8.83. The number of halogens is 3. The summed E-state index contributed by atoms with van der Waals surface area (Å²) in [5.74, 6) is 2.05. The number of rotatable bonds is 7. The van der Waals surface area contributed by atoms with Gasteiger partial charge in [-0.2, -0.15) is 0 Å². The molecule has 154 valence electrons. The SMILES string of the molecule is NNC(=O)c1cc(-c2cccnc2C(Cc2cc(F)cc(F)c2)NC=O)ccc1F. The van der Waals surface area contributed by atoms with Gasteiger partial charge in [0.2, 0.25) is 6.41 Å². The molecule has 0 spiro atoms. The monoisotopic (exact) mass is 414 g/mol. The Kier molecular flexibility index (Phi) is 6.43. The molecule has 1 unspecified atom stereocenters. The molecule has 1 aromatic heterocycles. The van der Waals surface area contributed by atoms with Gasteiger partial charge >= 0.3 is 0 Å². The predicted molar refractivity (Wildman–Crippen MR) is 103 cm³/mol. The maximum atomic E-state index is 14.0. The number of aromatic nitrogens is 1. The van der Waals surface area contributed by atoms with Crippen molar-refractivity contribution in [1.82, 2.24) is 15.7 Å². The molecule has 9 heteroatoms. The van der Waals surface area contributed by atoms with Crippen molar-refractivity contribution in [1.29, 1.82) is 0 Å². The van der Waals surface area contributed by atoms with Gasteiger partial charge in [-0.05, 0) is 47.9 Å². The van der Waals surface area contributed by atoms with Crippen LogP contribution in [-0.2, 0) is 11.2 Å². The van der Waals surface area contributed by atoms with Crippen molar-refractivity contribution in [2.24, 2.45) is 5.84 Å². The molecule has 0 aliphatic carbocycles. The first-order chi connectivity index (χ1) is 14.4. The minimum absolute atomic E-state index is 0.0504. The molecule has 0 saturated carbocycles. The van der Waals surface area contributed by atoms with Gasteiger partial charge in [0, 0.05) is 17.8 Å². The van der Waals surface area contributed by atoms with Crippen LogP contribution in [0.4, 0.5) is 13.2 Å². The van der Waals surface area contributed by atoms with E-state index in [2.05, 4.69) is 10.3 Å². The molecule has 1 atom stereocenters. The highest BCUT2D eigenvalue weighted by Gasteiger charge is 2.20. The predicted octanol–water partition coefficient (Wildman–Crippen LogP) is 2.80. The van der Waals surface area contributed by atoms with E-state index in [9.17, 15) is 22.8 Å². The van der Waals surface area contributed by atoms with Gasteiger partial charge in [0.15, 0.2) is 0 Å². The van der Waals surface area contributed by atoms with Crippen molar-refractivity contribution in [3.05, 3.63) is 89.0 Å². The van der Waals surface area contributed by atoms with E-state index in [1.165, 1.54) is 18.3 Å². The number of amides is 2. The summed E-state index contributed by atoms with van der Waals surface area (Å²) in [7, 11) is 0. The van der Waals surface area contributed by atoms with Crippen molar-refractivity contribution in [3.63, 3.8) is 0 Å². The first kappa shape index (κ1) is 21.0. The number of benzene rings is 2. The summed E-state index contributed by atoms with van der Waals surface area (Å²) in [6.07, 6.45) is 1.99. The third kappa shape index (κ3) is 4.64. The average Bonchev–Trinajstić information content (AvgIpc) is 2.72. The Morgan fingerprint density at radius 2 is 1.83 bits per heavy atom. The van der Waals surface area contributed by atoms with Crippen LogP contribution in [0.1, 0.15) is 27.7 Å². The van der Waals surface area contributed by atoms with E-state index in [0.717, 1.165) is 24.3 Å². The van der Waals surface area contributed by atoms with Crippen LogP contribution >= 0.6 is 0 Å². The fourth-order valence-electron chi connectivity index (χ4n) is 3.17. The van der Waals surface area contributed by atoms with Crippen LogP contribution < -0.4 is 16.6 Å². The fraction of sp³-hybridized carbons (Fsp3) is 0.0952. The first-order valence-corrected chi connectivity index (χ1v) is 8.83. The molecule has 6 nitrogen and oxygen atoms in total. The third-order valence-electron chi connectivity index (χ3n) is 4.45. The molecule has 30 heavy (non-hydrogen) atoms. The van der Waals surface area contributed by atoms with Gasteiger partial charge in [0.05, 0.1) is 17.3 Å². The lowest BCUT2D eigenvalue weighted by Crippen LogP contribution is -2.30. The zero-order chi connectivity index (χ0) is 21.7. The Hall–Kier alpha value is -3.72. The highest BCUT2D eigenvalue weighted by atomic mass is 19.1. The average molecular weight is 414 g/mol. The summed E-state index contributed by atoms with van der Waals surface area (Å²) in [6.45, 7) is 0. The number of nitrogens with two attached hydrogens (primary N) is 1. The summed E-state index contributed by atoms with van der Waals surface area (Å²) in [6, 6.07) is 9.49. The second-order valence-corrected chi connectivity index (χ2v) is 6.42. The lowest BCUT2D eigenvalue weighted by molar-refractivity contribution is -0.110. The number of hydrazine groups is 1. The molecule has 0 saturated heterocycles. The van der Waals surface area contributed by atoms with Gasteiger partial charge in [-0.25, -0.2) is 19.0 Å². The molecule has 0 fully saturated rings. The highest BCUT2D eigenvalue weighted by Crippen LogP contribution is 2.30. The maximum absolute atomic E-state index is 14.0. The lowest BCUT2D eigenvalue weighted by Gasteiger charge is -2.19. The van der Waals surface area contributed by atoms with E-state index in [0.29, 0.717) is 28.8 Å². The minimum Gasteiger partial charge on any atom is -0.350 e. The summed E-state index contributed by atoms with van der Waals surface area (Å²) in [5.41, 5.74) is 3.24. The molecular weight excluding hydrogens is 397 g/mol. The number of nitrogen functional groups attached to an aromatic ring is 1. The Labute approximate surface area is 169 Å². The quantitative estimate of drug-likeness (QED) is 0.240. The van der Waals surface area contributed by atoms with Gasteiger partial charge < -0.3 is 5.32 Å².